The zero-order valence-electron chi connectivity index (χ0n) is 9.64. The SMILES string of the molecule is Nc1ncnc(-c2cccc(OC3CC3)c2)c1Cl. The van der Waals surface area contributed by atoms with Gasteiger partial charge in [-0.25, -0.2) is 9.97 Å². The maximum absolute atomic E-state index is 6.11. The average Bonchev–Trinajstić information content (AvgIpc) is 3.17. The van der Waals surface area contributed by atoms with Crippen molar-refractivity contribution in [3.63, 3.8) is 0 Å². The molecule has 2 N–H and O–H groups in total. The third-order valence-electron chi connectivity index (χ3n) is 2.75. The number of nitrogens with zero attached hydrogens (tertiary/aromatic N) is 2. The number of hydrogen-bond donors (Lipinski definition) is 1. The minimum Gasteiger partial charge on any atom is -0.490 e. The Morgan fingerprint density at radius 1 is 1.28 bits per heavy atom. The van der Waals surface area contributed by atoms with Gasteiger partial charge in [-0.1, -0.05) is 23.7 Å². The van der Waals surface area contributed by atoms with Crippen LogP contribution < -0.4 is 10.5 Å². The average molecular weight is 262 g/mol. The van der Waals surface area contributed by atoms with Crippen molar-refractivity contribution in [3.05, 3.63) is 35.6 Å². The van der Waals surface area contributed by atoms with Crippen molar-refractivity contribution in [1.82, 2.24) is 9.97 Å². The molecule has 5 heteroatoms. The second kappa shape index (κ2) is 4.46. The number of ether oxygens (including phenoxy) is 1. The summed E-state index contributed by atoms with van der Waals surface area (Å²) in [6.07, 6.45) is 4.04. The van der Waals surface area contributed by atoms with Gasteiger partial charge >= 0.3 is 0 Å². The standard InChI is InChI=1S/C13H12ClN3O/c14-11-12(16-7-17-13(11)15)8-2-1-3-10(6-8)18-9-4-5-9/h1-3,6-7,9H,4-5H2,(H2,15,16,17). The molecule has 0 saturated heterocycles. The van der Waals surface area contributed by atoms with Gasteiger partial charge in [0.1, 0.15) is 22.9 Å². The van der Waals surface area contributed by atoms with Crippen LogP contribution in [0.3, 0.4) is 0 Å². The van der Waals surface area contributed by atoms with Gasteiger partial charge in [0, 0.05) is 5.56 Å². The lowest BCUT2D eigenvalue weighted by Crippen LogP contribution is -1.97. The molecule has 0 radical (unpaired) electrons. The van der Waals surface area contributed by atoms with E-state index in [1.54, 1.807) is 0 Å². The molecule has 1 fully saturated rings. The number of benzene rings is 1. The van der Waals surface area contributed by atoms with Gasteiger partial charge in [-0.3, -0.25) is 0 Å². The second-order valence-corrected chi connectivity index (χ2v) is 4.64. The smallest absolute Gasteiger partial charge is 0.146 e. The van der Waals surface area contributed by atoms with Gasteiger partial charge in [-0.2, -0.15) is 0 Å². The third kappa shape index (κ3) is 2.24. The van der Waals surface area contributed by atoms with Gasteiger partial charge < -0.3 is 10.5 Å². The summed E-state index contributed by atoms with van der Waals surface area (Å²) < 4.78 is 5.74. The number of aromatic nitrogens is 2. The summed E-state index contributed by atoms with van der Waals surface area (Å²) >= 11 is 6.11. The van der Waals surface area contributed by atoms with E-state index in [0.29, 0.717) is 16.8 Å². The van der Waals surface area contributed by atoms with Crippen LogP contribution in [0.4, 0.5) is 5.82 Å². The Morgan fingerprint density at radius 3 is 2.89 bits per heavy atom. The lowest BCUT2D eigenvalue weighted by atomic mass is 10.1. The van der Waals surface area contributed by atoms with Gasteiger partial charge in [0.15, 0.2) is 0 Å². The molecule has 92 valence electrons. The highest BCUT2D eigenvalue weighted by atomic mass is 35.5. The molecule has 1 aromatic heterocycles. The van der Waals surface area contributed by atoms with Crippen molar-refractivity contribution in [1.29, 1.82) is 0 Å². The first kappa shape index (κ1) is 11.3. The van der Waals surface area contributed by atoms with Crippen LogP contribution in [0.25, 0.3) is 11.3 Å². The van der Waals surface area contributed by atoms with E-state index in [1.807, 2.05) is 24.3 Å². The zero-order valence-corrected chi connectivity index (χ0v) is 10.4. The fraction of sp³-hybridized carbons (Fsp3) is 0.231. The molecule has 0 amide bonds. The number of rotatable bonds is 3. The first-order valence-electron chi connectivity index (χ1n) is 5.77. The van der Waals surface area contributed by atoms with E-state index in [2.05, 4.69) is 9.97 Å². The fourth-order valence-corrected chi connectivity index (χ4v) is 1.89. The second-order valence-electron chi connectivity index (χ2n) is 4.27. The molecule has 1 heterocycles. The van der Waals surface area contributed by atoms with Crippen molar-refractivity contribution >= 4 is 17.4 Å². The third-order valence-corrected chi connectivity index (χ3v) is 3.12. The largest absolute Gasteiger partial charge is 0.490 e. The molecule has 4 nitrogen and oxygen atoms in total. The highest BCUT2D eigenvalue weighted by Gasteiger charge is 2.23. The molecule has 0 aliphatic heterocycles. The Labute approximate surface area is 110 Å². The van der Waals surface area contributed by atoms with Gasteiger partial charge in [-0.15, -0.1) is 0 Å². The van der Waals surface area contributed by atoms with Crippen LogP contribution in [-0.4, -0.2) is 16.1 Å². The predicted octanol–water partition coefficient (Wildman–Crippen LogP) is 2.92. The normalized spacial score (nSPS) is 14.5. The van der Waals surface area contributed by atoms with E-state index in [0.717, 1.165) is 24.2 Å². The first-order valence-corrected chi connectivity index (χ1v) is 6.15. The molecule has 3 rings (SSSR count). The number of nitrogens with two attached hydrogens (primary N) is 1. The fourth-order valence-electron chi connectivity index (χ4n) is 1.68. The van der Waals surface area contributed by atoms with Gasteiger partial charge in [0.05, 0.1) is 11.8 Å². The van der Waals surface area contributed by atoms with Crippen molar-refractivity contribution < 1.29 is 4.74 Å². The van der Waals surface area contributed by atoms with E-state index < -0.39 is 0 Å². The van der Waals surface area contributed by atoms with Crippen LogP contribution >= 0.6 is 11.6 Å². The quantitative estimate of drug-likeness (QED) is 0.923. The molecule has 2 aromatic rings. The molecular formula is C13H12ClN3O. The van der Waals surface area contributed by atoms with Crippen molar-refractivity contribution in [2.45, 2.75) is 18.9 Å². The van der Waals surface area contributed by atoms with Gasteiger partial charge in [-0.05, 0) is 25.0 Å². The first-order chi connectivity index (χ1) is 8.74. The van der Waals surface area contributed by atoms with Crippen LogP contribution in [0.15, 0.2) is 30.6 Å². The topological polar surface area (TPSA) is 61.0 Å². The van der Waals surface area contributed by atoms with E-state index in [4.69, 9.17) is 22.1 Å². The molecular weight excluding hydrogens is 250 g/mol. The van der Waals surface area contributed by atoms with Crippen molar-refractivity contribution in [2.24, 2.45) is 0 Å². The van der Waals surface area contributed by atoms with Gasteiger partial charge in [0.25, 0.3) is 0 Å². The summed E-state index contributed by atoms with van der Waals surface area (Å²) in [5.74, 6) is 1.12. The molecule has 1 saturated carbocycles. The Bertz CT molecular complexity index is 584. The highest BCUT2D eigenvalue weighted by Crippen LogP contribution is 2.32. The Kier molecular flexibility index (Phi) is 2.80. The molecule has 18 heavy (non-hydrogen) atoms. The number of anilines is 1. The van der Waals surface area contributed by atoms with Crippen LogP contribution in [0.2, 0.25) is 5.02 Å². The maximum atomic E-state index is 6.11. The predicted molar refractivity (Wildman–Crippen MR) is 70.5 cm³/mol. The van der Waals surface area contributed by atoms with Crippen molar-refractivity contribution in [2.75, 3.05) is 5.73 Å². The summed E-state index contributed by atoms with van der Waals surface area (Å²) in [7, 11) is 0. The summed E-state index contributed by atoms with van der Waals surface area (Å²) in [5, 5.41) is 0.376. The summed E-state index contributed by atoms with van der Waals surface area (Å²) in [5.41, 5.74) is 7.18. The molecule has 0 atom stereocenters. The highest BCUT2D eigenvalue weighted by molar-refractivity contribution is 6.35. The lowest BCUT2D eigenvalue weighted by Gasteiger charge is -2.08. The number of nitrogen functional groups attached to an aromatic ring is 1. The van der Waals surface area contributed by atoms with E-state index >= 15 is 0 Å². The maximum Gasteiger partial charge on any atom is 0.146 e. The molecule has 1 aliphatic carbocycles. The Balaban J connectivity index is 1.97. The number of halogens is 1. The van der Waals surface area contributed by atoms with Crippen LogP contribution in [0.5, 0.6) is 5.75 Å². The monoisotopic (exact) mass is 261 g/mol. The lowest BCUT2D eigenvalue weighted by molar-refractivity contribution is 0.303. The molecule has 0 bridgehead atoms. The zero-order chi connectivity index (χ0) is 12.5. The minimum absolute atomic E-state index is 0.287. The molecule has 1 aromatic carbocycles. The Morgan fingerprint density at radius 2 is 2.11 bits per heavy atom. The summed E-state index contributed by atoms with van der Waals surface area (Å²) in [4.78, 5) is 8.02. The minimum atomic E-state index is 0.287. The van der Waals surface area contributed by atoms with Crippen LogP contribution in [-0.2, 0) is 0 Å². The van der Waals surface area contributed by atoms with Gasteiger partial charge in [0.2, 0.25) is 0 Å². The molecule has 0 spiro atoms. The van der Waals surface area contributed by atoms with E-state index in [9.17, 15) is 0 Å². The molecule has 0 unspecified atom stereocenters. The number of hydrogen-bond acceptors (Lipinski definition) is 4. The Hall–Kier alpha value is -1.81. The molecule has 1 aliphatic rings. The van der Waals surface area contributed by atoms with E-state index in [1.165, 1.54) is 6.33 Å². The van der Waals surface area contributed by atoms with Crippen LogP contribution in [0.1, 0.15) is 12.8 Å². The summed E-state index contributed by atoms with van der Waals surface area (Å²) in [6, 6.07) is 7.70. The van der Waals surface area contributed by atoms with Crippen molar-refractivity contribution in [3.8, 4) is 17.0 Å². The van der Waals surface area contributed by atoms with Crippen LogP contribution in [0, 0.1) is 0 Å². The summed E-state index contributed by atoms with van der Waals surface area (Å²) in [6.45, 7) is 0. The van der Waals surface area contributed by atoms with E-state index in [-0.39, 0.29) is 5.82 Å².